The molecule has 13 aliphatic rings. The second-order valence-electron chi connectivity index (χ2n) is 19.7. The molecule has 0 radical (unpaired) electrons. The van der Waals surface area contributed by atoms with Gasteiger partial charge < -0.3 is 20.1 Å². The van der Waals surface area contributed by atoms with Gasteiger partial charge in [-0.1, -0.05) is 69.5 Å². The van der Waals surface area contributed by atoms with Crippen molar-refractivity contribution in [3.05, 3.63) is 70.0 Å². The Morgan fingerprint density at radius 1 is 1.06 bits per heavy atom. The van der Waals surface area contributed by atoms with Crippen molar-refractivity contribution in [3.8, 4) is 0 Å². The van der Waals surface area contributed by atoms with E-state index in [2.05, 4.69) is 62.1 Å². The lowest BCUT2D eigenvalue weighted by atomic mass is 9.29. The third-order valence-electron chi connectivity index (χ3n) is 17.7. The topological polar surface area (TPSA) is 86.3 Å². The number of allylic oxidation sites excluding steroid dienone is 2. The summed E-state index contributed by atoms with van der Waals surface area (Å²) in [4.78, 5) is 34.7. The summed E-state index contributed by atoms with van der Waals surface area (Å²) in [6.45, 7) is 11.4. The molecule has 6 fully saturated rings. The Morgan fingerprint density at radius 3 is 2.76 bits per heavy atom. The molecular formula is C47H62N3O4+. The molecule has 2 spiro atoms. The lowest BCUT2D eigenvalue weighted by Crippen LogP contribution is -3.24. The fourth-order valence-electron chi connectivity index (χ4n) is 16.3. The molecule has 54 heavy (non-hydrogen) atoms. The number of nitrogens with zero attached hydrogens (tertiary/aromatic N) is 1. The van der Waals surface area contributed by atoms with Gasteiger partial charge in [0, 0.05) is 60.7 Å². The Morgan fingerprint density at radius 2 is 1.93 bits per heavy atom. The number of ether oxygens (including phenoxy) is 2. The van der Waals surface area contributed by atoms with E-state index in [1.807, 2.05) is 4.90 Å². The first-order valence-electron chi connectivity index (χ1n) is 22.3. The highest BCUT2D eigenvalue weighted by atomic mass is 16.6. The number of carbonyl (C=O) groups is 2. The second-order valence-corrected chi connectivity index (χ2v) is 19.7. The van der Waals surface area contributed by atoms with Gasteiger partial charge in [-0.3, -0.25) is 9.69 Å². The van der Waals surface area contributed by atoms with E-state index in [1.54, 1.807) is 5.57 Å². The number of benzene rings is 1. The molecule has 1 aromatic rings. The lowest BCUT2D eigenvalue weighted by molar-refractivity contribution is -0.976. The maximum absolute atomic E-state index is 15.4. The second kappa shape index (κ2) is 12.1. The molecule has 14 rings (SSSR count). The lowest BCUT2D eigenvalue weighted by Gasteiger charge is -2.71. The van der Waals surface area contributed by atoms with E-state index in [4.69, 9.17) is 15.2 Å². The maximum atomic E-state index is 15.4. The van der Waals surface area contributed by atoms with Gasteiger partial charge in [0.2, 0.25) is 0 Å². The van der Waals surface area contributed by atoms with Crippen LogP contribution in [0, 0.1) is 52.3 Å². The van der Waals surface area contributed by atoms with E-state index in [0.29, 0.717) is 36.4 Å². The molecule has 4 saturated heterocycles. The summed E-state index contributed by atoms with van der Waals surface area (Å²) in [6, 6.07) is 8.18. The number of nitrogens with one attached hydrogen (secondary N) is 1. The van der Waals surface area contributed by atoms with Crippen LogP contribution in [-0.2, 0) is 26.3 Å². The molecule has 0 aromatic heterocycles. The number of rotatable bonds is 7. The maximum Gasteiger partial charge on any atom is 0.339 e. The molecule has 15 unspecified atom stereocenters. The van der Waals surface area contributed by atoms with Crippen molar-refractivity contribution in [2.24, 2.45) is 58.0 Å². The summed E-state index contributed by atoms with van der Waals surface area (Å²) in [5.41, 5.74) is 9.07. The third-order valence-corrected chi connectivity index (χ3v) is 17.7. The van der Waals surface area contributed by atoms with Crippen molar-refractivity contribution in [1.82, 2.24) is 4.90 Å². The zero-order valence-electron chi connectivity index (χ0n) is 32.9. The molecule has 7 nitrogen and oxygen atoms in total. The highest BCUT2D eigenvalue weighted by molar-refractivity contribution is 6.00. The van der Waals surface area contributed by atoms with Gasteiger partial charge in [0.15, 0.2) is 5.60 Å². The number of hydrogen-bond acceptors (Lipinski definition) is 6. The van der Waals surface area contributed by atoms with Crippen LogP contribution in [0.5, 0.6) is 0 Å². The van der Waals surface area contributed by atoms with Crippen molar-refractivity contribution >= 4 is 11.9 Å². The van der Waals surface area contributed by atoms with Crippen LogP contribution in [0.2, 0.25) is 0 Å². The normalized spacial score (nSPS) is 47.2. The molecule has 4 aliphatic carbocycles. The van der Waals surface area contributed by atoms with Crippen LogP contribution in [0.4, 0.5) is 0 Å². The Labute approximate surface area is 322 Å². The molecule has 3 N–H and O–H groups in total. The molecule has 15 atom stereocenters. The van der Waals surface area contributed by atoms with Crippen molar-refractivity contribution in [2.75, 3.05) is 26.2 Å². The number of aryl methyl sites for hydroxylation is 1. The van der Waals surface area contributed by atoms with Gasteiger partial charge in [0.05, 0.1) is 29.6 Å². The minimum Gasteiger partial charge on any atom is -0.449 e. The fourth-order valence-corrected chi connectivity index (χ4v) is 16.3. The van der Waals surface area contributed by atoms with E-state index in [-0.39, 0.29) is 17.9 Å². The molecule has 0 amide bonds. The number of hydrogen-bond donors (Lipinski definition) is 2. The average molecular weight is 733 g/mol. The van der Waals surface area contributed by atoms with Crippen LogP contribution in [-0.4, -0.2) is 61.1 Å². The number of piperidine rings is 3. The minimum atomic E-state index is -0.936. The zero-order valence-corrected chi connectivity index (χ0v) is 32.9. The zero-order chi connectivity index (χ0) is 36.7. The standard InChI is InChI=1S/C47H61N3O4/c1-4-8-32-14-18-39-45-20-19-34-35(16-15-33-27(3)22-30-13-17-37-31-23-28(24-49(32)26-31)25-50(37)42(30)41(33)34)46(45,44(52)53-39)38(9-5-2)47(45)36-12-6-10-29(11-7-21-48)40(36)43(51)54-47/h6,10,12,15-16,18,27-28,30-33,37-38,41-42H,4-5,7-9,11,13-14,17,19-26,48H2,1-3H3/p+1. The predicted molar refractivity (Wildman–Crippen MR) is 207 cm³/mol. The Kier molecular flexibility index (Phi) is 7.75. The highest BCUT2D eigenvalue weighted by Crippen LogP contribution is 2.86. The number of fused-ring (bicyclic) bond motifs is 2. The summed E-state index contributed by atoms with van der Waals surface area (Å²) < 4.78 is 13.9. The molecule has 288 valence electrons. The minimum absolute atomic E-state index is 0.0765. The van der Waals surface area contributed by atoms with Crippen LogP contribution < -0.4 is 10.6 Å². The van der Waals surface area contributed by atoms with Gasteiger partial charge in [0.1, 0.15) is 11.2 Å². The van der Waals surface area contributed by atoms with E-state index < -0.39 is 16.4 Å². The highest BCUT2D eigenvalue weighted by Gasteiger charge is 2.92. The average Bonchev–Trinajstić information content (AvgIpc) is 3.62. The van der Waals surface area contributed by atoms with Gasteiger partial charge in [-0.05, 0) is 99.8 Å². The quantitative estimate of drug-likeness (QED) is 0.322. The Hall–Kier alpha value is -2.74. The molecule has 7 heteroatoms. The molecule has 9 heterocycles. The molecule has 9 aliphatic heterocycles. The largest absolute Gasteiger partial charge is 0.449 e. The summed E-state index contributed by atoms with van der Waals surface area (Å²) in [7, 11) is 0. The van der Waals surface area contributed by atoms with Crippen molar-refractivity contribution in [3.63, 3.8) is 0 Å². The van der Waals surface area contributed by atoms with E-state index in [1.165, 1.54) is 50.9 Å². The van der Waals surface area contributed by atoms with E-state index in [0.717, 1.165) is 104 Å². The summed E-state index contributed by atoms with van der Waals surface area (Å²) >= 11 is 0. The molecule has 12 bridgehead atoms. The van der Waals surface area contributed by atoms with Gasteiger partial charge in [-0.2, -0.15) is 0 Å². The SMILES string of the molecule is CCCC1CC=C2OC(=O)C34C5=C(CCC23C2(OC(=O)c3c(CCCN)cccc32)C4CCC)C2C(C=C5)C(C)CC3CCC4C5CC(CN1C5)C[NH+]4C32. The number of nitrogens with two attached hydrogens (primary N) is 1. The van der Waals surface area contributed by atoms with Gasteiger partial charge in [-0.25, -0.2) is 4.79 Å². The first-order chi connectivity index (χ1) is 26.3. The summed E-state index contributed by atoms with van der Waals surface area (Å²) in [5.74, 6) is 4.23. The third kappa shape index (κ3) is 4.00. The smallest absolute Gasteiger partial charge is 0.339 e. The van der Waals surface area contributed by atoms with Crippen molar-refractivity contribution in [1.29, 1.82) is 0 Å². The fraction of sp³-hybridized carbons (Fsp3) is 0.702. The first-order valence-corrected chi connectivity index (χ1v) is 22.3. The van der Waals surface area contributed by atoms with Gasteiger partial charge >= 0.3 is 11.9 Å². The van der Waals surface area contributed by atoms with Crippen molar-refractivity contribution in [2.45, 2.75) is 128 Å². The summed E-state index contributed by atoms with van der Waals surface area (Å²) in [5, 5.41) is 0. The Bertz CT molecular complexity index is 1880. The van der Waals surface area contributed by atoms with Crippen LogP contribution >= 0.6 is 0 Å². The monoisotopic (exact) mass is 732 g/mol. The molecular weight excluding hydrogens is 671 g/mol. The summed E-state index contributed by atoms with van der Waals surface area (Å²) in [6.07, 6.45) is 21.0. The number of esters is 2. The van der Waals surface area contributed by atoms with Gasteiger partial charge in [0.25, 0.3) is 0 Å². The van der Waals surface area contributed by atoms with E-state index >= 15 is 4.79 Å². The van der Waals surface area contributed by atoms with Crippen LogP contribution in [0.1, 0.15) is 119 Å². The Balaban J connectivity index is 1.17. The van der Waals surface area contributed by atoms with Crippen LogP contribution in [0.25, 0.3) is 0 Å². The van der Waals surface area contributed by atoms with E-state index in [9.17, 15) is 4.79 Å². The van der Waals surface area contributed by atoms with Crippen molar-refractivity contribution < 1.29 is 24.0 Å². The molecule has 1 aromatic carbocycles. The van der Waals surface area contributed by atoms with Crippen LogP contribution in [0.3, 0.4) is 0 Å². The first kappa shape index (κ1) is 34.5. The predicted octanol–water partition coefficient (Wildman–Crippen LogP) is 6.28. The van der Waals surface area contributed by atoms with Gasteiger partial charge in [-0.15, -0.1) is 0 Å². The number of quaternary nitrogens is 1. The number of carbonyl (C=O) groups excluding carboxylic acids is 2. The molecule has 2 saturated carbocycles. The van der Waals surface area contributed by atoms with Crippen LogP contribution in [0.15, 0.2) is 53.3 Å².